The van der Waals surface area contributed by atoms with Crippen molar-refractivity contribution in [3.63, 3.8) is 0 Å². The fourth-order valence-corrected chi connectivity index (χ4v) is 4.26. The molecule has 0 aromatic heterocycles. The molecule has 1 N–H and O–H groups in total. The van der Waals surface area contributed by atoms with E-state index >= 15 is 0 Å². The molecule has 26 heavy (non-hydrogen) atoms. The first-order valence-electron chi connectivity index (χ1n) is 10.5. The lowest BCUT2D eigenvalue weighted by atomic mass is 9.74. The van der Waals surface area contributed by atoms with Gasteiger partial charge in [-0.05, 0) is 67.4 Å². The molecule has 1 atom stereocenters. The topological polar surface area (TPSA) is 46.2 Å². The molecule has 1 saturated heterocycles. The van der Waals surface area contributed by atoms with Gasteiger partial charge < -0.3 is 0 Å². The van der Waals surface area contributed by atoms with Gasteiger partial charge in [-0.1, -0.05) is 52.0 Å². The van der Waals surface area contributed by atoms with Crippen LogP contribution in [0.1, 0.15) is 83.3 Å². The van der Waals surface area contributed by atoms with E-state index in [0.29, 0.717) is 18.8 Å². The molecule has 2 fully saturated rings. The molecule has 3 heteroatoms. The largest absolute Gasteiger partial charge is 0.296 e. The molecule has 2 amide bonds. The third-order valence-electron chi connectivity index (χ3n) is 6.00. The van der Waals surface area contributed by atoms with Crippen LogP contribution in [0.25, 0.3) is 0 Å². The van der Waals surface area contributed by atoms with Crippen molar-refractivity contribution in [2.45, 2.75) is 78.6 Å². The summed E-state index contributed by atoms with van der Waals surface area (Å²) in [5, 5.41) is 2.45. The number of rotatable bonds is 4. The lowest BCUT2D eigenvalue weighted by molar-refractivity contribution is -0.136. The van der Waals surface area contributed by atoms with Gasteiger partial charge >= 0.3 is 0 Å². The minimum absolute atomic E-state index is 0.0602. The molecule has 1 aromatic carbocycles. The zero-order chi connectivity index (χ0) is 19.1. The van der Waals surface area contributed by atoms with E-state index in [9.17, 15) is 9.59 Å². The predicted molar refractivity (Wildman–Crippen MR) is 107 cm³/mol. The van der Waals surface area contributed by atoms with Crippen molar-refractivity contribution in [3.8, 4) is 0 Å². The number of carbonyl (C=O) groups excluding carboxylic acids is 2. The molecule has 3 rings (SSSR count). The van der Waals surface area contributed by atoms with E-state index in [1.807, 2.05) is 13.8 Å². The standard InChI is InChI=1S/C21H29NO2.C2H6/c1-14(2)16-7-9-18(10-8-16)17-5-3-15(4-6-17)13-19-11-12-20(23)22-21(19)24;1-2/h3-6,14,16,18-19H,7-13H2,1-2H3,(H,22,23,24);1-2H3. The molecular formula is C23H35NO2. The quantitative estimate of drug-likeness (QED) is 0.749. The van der Waals surface area contributed by atoms with Gasteiger partial charge in [0, 0.05) is 12.3 Å². The Morgan fingerprint density at radius 1 is 0.962 bits per heavy atom. The Kier molecular flexibility index (Phi) is 7.86. The molecule has 1 aliphatic carbocycles. The van der Waals surface area contributed by atoms with Crippen LogP contribution in [0.5, 0.6) is 0 Å². The van der Waals surface area contributed by atoms with Gasteiger partial charge in [-0.2, -0.15) is 0 Å². The Hall–Kier alpha value is -1.64. The average molecular weight is 358 g/mol. The fraction of sp³-hybridized carbons (Fsp3) is 0.652. The number of benzene rings is 1. The van der Waals surface area contributed by atoms with Gasteiger partial charge in [0.2, 0.25) is 11.8 Å². The minimum Gasteiger partial charge on any atom is -0.296 e. The van der Waals surface area contributed by atoms with Gasteiger partial charge in [-0.3, -0.25) is 14.9 Å². The maximum Gasteiger partial charge on any atom is 0.230 e. The number of nitrogens with one attached hydrogen (secondary N) is 1. The molecule has 0 spiro atoms. The number of piperidine rings is 1. The van der Waals surface area contributed by atoms with Crippen LogP contribution < -0.4 is 5.32 Å². The summed E-state index contributed by atoms with van der Waals surface area (Å²) < 4.78 is 0. The Morgan fingerprint density at radius 3 is 2.12 bits per heavy atom. The molecule has 1 aliphatic heterocycles. The zero-order valence-electron chi connectivity index (χ0n) is 16.9. The summed E-state index contributed by atoms with van der Waals surface area (Å²) >= 11 is 0. The van der Waals surface area contributed by atoms with Gasteiger partial charge in [-0.25, -0.2) is 0 Å². The molecule has 1 unspecified atom stereocenters. The van der Waals surface area contributed by atoms with Crippen LogP contribution in [0.15, 0.2) is 24.3 Å². The van der Waals surface area contributed by atoms with Crippen LogP contribution in [-0.2, 0) is 16.0 Å². The first kappa shape index (κ1) is 20.7. The van der Waals surface area contributed by atoms with Crippen LogP contribution in [-0.4, -0.2) is 11.8 Å². The van der Waals surface area contributed by atoms with Crippen molar-refractivity contribution in [2.75, 3.05) is 0 Å². The molecule has 2 aliphatic rings. The average Bonchev–Trinajstić information content (AvgIpc) is 2.66. The first-order chi connectivity index (χ1) is 12.5. The van der Waals surface area contributed by atoms with E-state index in [1.54, 1.807) is 0 Å². The summed E-state index contributed by atoms with van der Waals surface area (Å²) in [6.07, 6.45) is 7.17. The van der Waals surface area contributed by atoms with Crippen LogP contribution >= 0.6 is 0 Å². The van der Waals surface area contributed by atoms with Gasteiger partial charge in [0.1, 0.15) is 0 Å². The molecule has 3 nitrogen and oxygen atoms in total. The van der Waals surface area contributed by atoms with E-state index in [4.69, 9.17) is 0 Å². The van der Waals surface area contributed by atoms with Crippen LogP contribution in [0.4, 0.5) is 0 Å². The number of carbonyl (C=O) groups is 2. The van der Waals surface area contributed by atoms with E-state index in [0.717, 1.165) is 18.3 Å². The lowest BCUT2D eigenvalue weighted by Crippen LogP contribution is -2.41. The molecule has 144 valence electrons. The third-order valence-corrected chi connectivity index (χ3v) is 6.00. The minimum atomic E-state index is -0.136. The predicted octanol–water partition coefficient (Wildman–Crippen LogP) is 5.24. The lowest BCUT2D eigenvalue weighted by Gasteiger charge is -2.31. The highest BCUT2D eigenvalue weighted by Crippen LogP contribution is 2.38. The first-order valence-corrected chi connectivity index (χ1v) is 10.5. The zero-order valence-corrected chi connectivity index (χ0v) is 16.9. The summed E-state index contributed by atoms with van der Waals surface area (Å²) in [7, 11) is 0. The summed E-state index contributed by atoms with van der Waals surface area (Å²) in [6, 6.07) is 8.85. The maximum atomic E-state index is 11.9. The van der Waals surface area contributed by atoms with Crippen LogP contribution in [0.2, 0.25) is 0 Å². The Balaban J connectivity index is 0.00000117. The molecule has 1 heterocycles. The SMILES string of the molecule is CC.CC(C)C1CCC(c2ccc(CC3CCC(=O)NC3=O)cc2)CC1. The molecule has 0 radical (unpaired) electrons. The normalized spacial score (nSPS) is 26.1. The van der Waals surface area contributed by atoms with Gasteiger partial charge in [-0.15, -0.1) is 0 Å². The van der Waals surface area contributed by atoms with E-state index in [1.165, 1.54) is 36.8 Å². The Bertz CT molecular complexity index is 583. The number of hydrogen-bond acceptors (Lipinski definition) is 2. The summed E-state index contributed by atoms with van der Waals surface area (Å²) in [6.45, 7) is 8.68. The van der Waals surface area contributed by atoms with Gasteiger partial charge in [0.25, 0.3) is 0 Å². The monoisotopic (exact) mass is 357 g/mol. The fourth-order valence-electron chi connectivity index (χ4n) is 4.26. The van der Waals surface area contributed by atoms with Crippen LogP contribution in [0.3, 0.4) is 0 Å². The van der Waals surface area contributed by atoms with Crippen molar-refractivity contribution in [1.29, 1.82) is 0 Å². The van der Waals surface area contributed by atoms with Crippen molar-refractivity contribution < 1.29 is 9.59 Å². The van der Waals surface area contributed by atoms with Crippen molar-refractivity contribution >= 4 is 11.8 Å². The van der Waals surface area contributed by atoms with Crippen molar-refractivity contribution in [2.24, 2.45) is 17.8 Å². The van der Waals surface area contributed by atoms with E-state index in [-0.39, 0.29) is 17.7 Å². The second kappa shape index (κ2) is 9.89. The van der Waals surface area contributed by atoms with E-state index in [2.05, 4.69) is 43.4 Å². The van der Waals surface area contributed by atoms with E-state index < -0.39 is 0 Å². The highest BCUT2D eigenvalue weighted by molar-refractivity contribution is 5.98. The Labute approximate surface area is 159 Å². The highest BCUT2D eigenvalue weighted by atomic mass is 16.2. The van der Waals surface area contributed by atoms with Crippen molar-refractivity contribution in [1.82, 2.24) is 5.32 Å². The summed E-state index contributed by atoms with van der Waals surface area (Å²) in [4.78, 5) is 23.1. The number of imide groups is 1. The maximum absolute atomic E-state index is 11.9. The van der Waals surface area contributed by atoms with Gasteiger partial charge in [0.15, 0.2) is 0 Å². The van der Waals surface area contributed by atoms with Gasteiger partial charge in [0.05, 0.1) is 0 Å². The summed E-state index contributed by atoms with van der Waals surface area (Å²) in [5.41, 5.74) is 2.65. The molecule has 1 aromatic rings. The molecular weight excluding hydrogens is 322 g/mol. The molecule has 1 saturated carbocycles. The second-order valence-electron chi connectivity index (χ2n) is 7.95. The molecule has 0 bridgehead atoms. The smallest absolute Gasteiger partial charge is 0.230 e. The summed E-state index contributed by atoms with van der Waals surface area (Å²) in [5.74, 6) is 2.10. The van der Waals surface area contributed by atoms with Crippen LogP contribution in [0, 0.1) is 17.8 Å². The Morgan fingerprint density at radius 2 is 1.58 bits per heavy atom. The van der Waals surface area contributed by atoms with Crippen molar-refractivity contribution in [3.05, 3.63) is 35.4 Å². The highest BCUT2D eigenvalue weighted by Gasteiger charge is 2.27. The second-order valence-corrected chi connectivity index (χ2v) is 7.95. The number of amides is 2. The number of hydrogen-bond donors (Lipinski definition) is 1. The third kappa shape index (κ3) is 5.43.